The quantitative estimate of drug-likeness (QED) is 0.761. The summed E-state index contributed by atoms with van der Waals surface area (Å²) in [4.78, 5) is 10.5. The zero-order valence-corrected chi connectivity index (χ0v) is 9.19. The predicted octanol–water partition coefficient (Wildman–Crippen LogP) is 1.83. The van der Waals surface area contributed by atoms with Crippen LogP contribution >= 0.6 is 0 Å². The molecule has 0 spiro atoms. The van der Waals surface area contributed by atoms with E-state index in [-0.39, 0.29) is 0 Å². The fourth-order valence-electron chi connectivity index (χ4n) is 2.16. The van der Waals surface area contributed by atoms with Crippen LogP contribution in [0.15, 0.2) is 12.5 Å². The summed E-state index contributed by atoms with van der Waals surface area (Å²) in [7, 11) is 0. The van der Waals surface area contributed by atoms with E-state index in [4.69, 9.17) is 5.73 Å². The van der Waals surface area contributed by atoms with Crippen molar-refractivity contribution in [3.63, 3.8) is 0 Å². The molecule has 2 rings (SSSR count). The summed E-state index contributed by atoms with van der Waals surface area (Å²) in [5.41, 5.74) is 6.58. The van der Waals surface area contributed by atoms with Crippen molar-refractivity contribution >= 4 is 11.5 Å². The Kier molecular flexibility index (Phi) is 3.04. The summed E-state index contributed by atoms with van der Waals surface area (Å²) in [5.74, 6) is 0.902. The van der Waals surface area contributed by atoms with Gasteiger partial charge in [0, 0.05) is 12.6 Å². The first-order valence-corrected chi connectivity index (χ1v) is 5.61. The number of nitrogen functional groups attached to an aromatic ring is 1. The standard InChI is InChI=1S/C11H18N4/c1-9-5-3-2-4-6-15(9)11-10(12)7-13-8-14-11/h7-9H,2-6,12H2,1H3. The highest BCUT2D eigenvalue weighted by Gasteiger charge is 2.19. The van der Waals surface area contributed by atoms with E-state index in [1.807, 2.05) is 0 Å². The Labute approximate surface area is 90.5 Å². The van der Waals surface area contributed by atoms with Crippen molar-refractivity contribution in [1.82, 2.24) is 9.97 Å². The van der Waals surface area contributed by atoms with Gasteiger partial charge in [-0.05, 0) is 19.8 Å². The lowest BCUT2D eigenvalue weighted by Gasteiger charge is -2.28. The Morgan fingerprint density at radius 3 is 3.07 bits per heavy atom. The molecule has 1 fully saturated rings. The normalized spacial score (nSPS) is 22.5. The molecule has 1 atom stereocenters. The number of nitrogens with zero attached hydrogens (tertiary/aromatic N) is 3. The highest BCUT2D eigenvalue weighted by atomic mass is 15.2. The van der Waals surface area contributed by atoms with Crippen LogP contribution in [0.5, 0.6) is 0 Å². The Balaban J connectivity index is 2.24. The molecule has 2 heterocycles. The third kappa shape index (κ3) is 2.19. The van der Waals surface area contributed by atoms with Gasteiger partial charge in [0.25, 0.3) is 0 Å². The molecule has 1 aliphatic rings. The van der Waals surface area contributed by atoms with E-state index in [1.54, 1.807) is 12.5 Å². The first-order chi connectivity index (χ1) is 7.29. The number of aromatic nitrogens is 2. The molecule has 82 valence electrons. The van der Waals surface area contributed by atoms with Crippen LogP contribution in [0.25, 0.3) is 0 Å². The van der Waals surface area contributed by atoms with Gasteiger partial charge in [0.15, 0.2) is 5.82 Å². The van der Waals surface area contributed by atoms with Crippen molar-refractivity contribution in [3.8, 4) is 0 Å². The van der Waals surface area contributed by atoms with Gasteiger partial charge >= 0.3 is 0 Å². The van der Waals surface area contributed by atoms with Crippen molar-refractivity contribution in [1.29, 1.82) is 0 Å². The molecule has 0 aliphatic carbocycles. The maximum absolute atomic E-state index is 5.90. The zero-order chi connectivity index (χ0) is 10.7. The summed E-state index contributed by atoms with van der Waals surface area (Å²) in [5, 5.41) is 0. The zero-order valence-electron chi connectivity index (χ0n) is 9.19. The molecule has 1 saturated heterocycles. The molecule has 4 nitrogen and oxygen atoms in total. The van der Waals surface area contributed by atoms with E-state index in [2.05, 4.69) is 21.8 Å². The molecule has 15 heavy (non-hydrogen) atoms. The molecule has 0 bridgehead atoms. The van der Waals surface area contributed by atoms with E-state index < -0.39 is 0 Å². The van der Waals surface area contributed by atoms with Crippen LogP contribution in [0.4, 0.5) is 11.5 Å². The molecular formula is C11H18N4. The van der Waals surface area contributed by atoms with Crippen LogP contribution in [0.1, 0.15) is 32.6 Å². The second-order valence-corrected chi connectivity index (χ2v) is 4.19. The smallest absolute Gasteiger partial charge is 0.155 e. The molecule has 0 saturated carbocycles. The molecule has 1 unspecified atom stereocenters. The van der Waals surface area contributed by atoms with Crippen LogP contribution in [0, 0.1) is 0 Å². The molecule has 0 amide bonds. The lowest BCUT2D eigenvalue weighted by atomic mass is 10.1. The lowest BCUT2D eigenvalue weighted by molar-refractivity contribution is 0.611. The summed E-state index contributed by atoms with van der Waals surface area (Å²) < 4.78 is 0. The summed E-state index contributed by atoms with van der Waals surface area (Å²) >= 11 is 0. The van der Waals surface area contributed by atoms with Gasteiger partial charge in [-0.1, -0.05) is 12.8 Å². The molecule has 0 radical (unpaired) electrons. The molecule has 1 aromatic rings. The SMILES string of the molecule is CC1CCCCCN1c1ncncc1N. The topological polar surface area (TPSA) is 55.0 Å². The largest absolute Gasteiger partial charge is 0.394 e. The van der Waals surface area contributed by atoms with E-state index in [9.17, 15) is 0 Å². The monoisotopic (exact) mass is 206 g/mol. The summed E-state index contributed by atoms with van der Waals surface area (Å²) in [6.07, 6.45) is 8.33. The molecule has 0 aromatic carbocycles. The van der Waals surface area contributed by atoms with Crippen LogP contribution in [-0.4, -0.2) is 22.6 Å². The van der Waals surface area contributed by atoms with Crippen molar-refractivity contribution in [2.45, 2.75) is 38.6 Å². The van der Waals surface area contributed by atoms with Gasteiger partial charge in [-0.15, -0.1) is 0 Å². The minimum Gasteiger partial charge on any atom is -0.394 e. The van der Waals surface area contributed by atoms with Crippen molar-refractivity contribution < 1.29 is 0 Å². The Hall–Kier alpha value is -1.32. The van der Waals surface area contributed by atoms with Crippen molar-refractivity contribution in [2.24, 2.45) is 0 Å². The van der Waals surface area contributed by atoms with Gasteiger partial charge in [0.05, 0.1) is 11.9 Å². The summed E-state index contributed by atoms with van der Waals surface area (Å²) in [6.45, 7) is 3.30. The predicted molar refractivity (Wildman–Crippen MR) is 61.7 cm³/mol. The average molecular weight is 206 g/mol. The fourth-order valence-corrected chi connectivity index (χ4v) is 2.16. The molecule has 1 aliphatic heterocycles. The Bertz CT molecular complexity index is 326. The van der Waals surface area contributed by atoms with Gasteiger partial charge < -0.3 is 10.6 Å². The maximum Gasteiger partial charge on any atom is 0.155 e. The number of nitrogens with two attached hydrogens (primary N) is 1. The molecular weight excluding hydrogens is 188 g/mol. The Morgan fingerprint density at radius 2 is 2.27 bits per heavy atom. The minimum absolute atomic E-state index is 0.532. The fraction of sp³-hybridized carbons (Fsp3) is 0.636. The lowest BCUT2D eigenvalue weighted by Crippen LogP contribution is -2.33. The van der Waals surface area contributed by atoms with Gasteiger partial charge in [0.2, 0.25) is 0 Å². The minimum atomic E-state index is 0.532. The first kappa shape index (κ1) is 10.2. The number of rotatable bonds is 1. The van der Waals surface area contributed by atoms with Crippen LogP contribution in [0.2, 0.25) is 0 Å². The third-order valence-electron chi connectivity index (χ3n) is 3.04. The molecule has 2 N–H and O–H groups in total. The average Bonchev–Trinajstić information content (AvgIpc) is 2.44. The number of hydrogen-bond acceptors (Lipinski definition) is 4. The van der Waals surface area contributed by atoms with E-state index in [1.165, 1.54) is 25.7 Å². The van der Waals surface area contributed by atoms with E-state index >= 15 is 0 Å². The van der Waals surface area contributed by atoms with Crippen molar-refractivity contribution in [2.75, 3.05) is 17.2 Å². The van der Waals surface area contributed by atoms with E-state index in [0.29, 0.717) is 11.7 Å². The third-order valence-corrected chi connectivity index (χ3v) is 3.04. The highest BCUT2D eigenvalue weighted by molar-refractivity contribution is 5.61. The van der Waals surface area contributed by atoms with Crippen LogP contribution in [-0.2, 0) is 0 Å². The molecule has 1 aromatic heterocycles. The Morgan fingerprint density at radius 1 is 1.40 bits per heavy atom. The first-order valence-electron chi connectivity index (χ1n) is 5.61. The second kappa shape index (κ2) is 4.47. The van der Waals surface area contributed by atoms with Crippen molar-refractivity contribution in [3.05, 3.63) is 12.5 Å². The summed E-state index contributed by atoms with van der Waals surface area (Å²) in [6, 6.07) is 0.532. The van der Waals surface area contributed by atoms with Gasteiger partial charge in [-0.3, -0.25) is 0 Å². The highest BCUT2D eigenvalue weighted by Crippen LogP contribution is 2.25. The van der Waals surface area contributed by atoms with Gasteiger partial charge in [-0.2, -0.15) is 0 Å². The second-order valence-electron chi connectivity index (χ2n) is 4.19. The van der Waals surface area contributed by atoms with Gasteiger partial charge in [-0.25, -0.2) is 9.97 Å². The number of hydrogen-bond donors (Lipinski definition) is 1. The number of anilines is 2. The van der Waals surface area contributed by atoms with Crippen LogP contribution in [0.3, 0.4) is 0 Å². The maximum atomic E-state index is 5.90. The van der Waals surface area contributed by atoms with E-state index in [0.717, 1.165) is 12.4 Å². The van der Waals surface area contributed by atoms with Crippen LogP contribution < -0.4 is 10.6 Å². The van der Waals surface area contributed by atoms with Gasteiger partial charge in [0.1, 0.15) is 6.33 Å². The molecule has 4 heteroatoms.